The van der Waals surface area contributed by atoms with Crippen molar-refractivity contribution in [1.82, 2.24) is 0 Å². The van der Waals surface area contributed by atoms with Crippen molar-refractivity contribution in [2.24, 2.45) is 0 Å². The molecule has 0 aliphatic heterocycles. The van der Waals surface area contributed by atoms with E-state index in [1.54, 1.807) is 24.3 Å². The minimum absolute atomic E-state index is 0. The number of hydrogen-bond donors (Lipinski definition) is 2. The van der Waals surface area contributed by atoms with Crippen LogP contribution in [0.2, 0.25) is 0 Å². The van der Waals surface area contributed by atoms with Crippen molar-refractivity contribution in [1.29, 1.82) is 0 Å². The summed E-state index contributed by atoms with van der Waals surface area (Å²) in [4.78, 5) is 0. The standard InChI is InChI=1S/C15H16O2.2Na/c1-15(2,11-3-7-13(16)8-4-11)12-5-9-14(17)10-6-12;;/h3-10,16-17H,1-2H3;;/q;2*+1. The van der Waals surface area contributed by atoms with E-state index in [0.717, 1.165) is 11.1 Å². The normalized spacial score (nSPS) is 10.2. The van der Waals surface area contributed by atoms with Crippen molar-refractivity contribution in [3.63, 3.8) is 0 Å². The Labute approximate surface area is 158 Å². The molecule has 0 saturated heterocycles. The van der Waals surface area contributed by atoms with Crippen molar-refractivity contribution in [3.8, 4) is 11.5 Å². The van der Waals surface area contributed by atoms with Crippen molar-refractivity contribution in [2.75, 3.05) is 0 Å². The average molecular weight is 274 g/mol. The van der Waals surface area contributed by atoms with E-state index in [1.165, 1.54) is 0 Å². The summed E-state index contributed by atoms with van der Waals surface area (Å²) in [6.07, 6.45) is 0. The van der Waals surface area contributed by atoms with Gasteiger partial charge in [0.15, 0.2) is 0 Å². The van der Waals surface area contributed by atoms with Crippen molar-refractivity contribution in [2.45, 2.75) is 19.3 Å². The molecule has 0 heterocycles. The molecule has 2 N–H and O–H groups in total. The maximum absolute atomic E-state index is 9.30. The van der Waals surface area contributed by atoms with Crippen LogP contribution in [0.15, 0.2) is 48.5 Å². The van der Waals surface area contributed by atoms with E-state index in [0.29, 0.717) is 0 Å². The first-order valence-electron chi connectivity index (χ1n) is 5.59. The van der Waals surface area contributed by atoms with Gasteiger partial charge in [0.05, 0.1) is 0 Å². The molecule has 0 spiro atoms. The Hall–Kier alpha value is 0.0400. The van der Waals surface area contributed by atoms with Gasteiger partial charge in [-0.2, -0.15) is 0 Å². The molecular weight excluding hydrogens is 258 g/mol. The molecule has 2 aromatic carbocycles. The maximum Gasteiger partial charge on any atom is 1.00 e. The molecule has 0 amide bonds. The summed E-state index contributed by atoms with van der Waals surface area (Å²) in [5.74, 6) is 0.547. The summed E-state index contributed by atoms with van der Waals surface area (Å²) < 4.78 is 0. The zero-order valence-corrected chi connectivity index (χ0v) is 16.0. The third kappa shape index (κ3) is 4.52. The summed E-state index contributed by atoms with van der Waals surface area (Å²) in [5, 5.41) is 18.6. The number of phenolic OH excluding ortho intramolecular Hbond substituents is 2. The van der Waals surface area contributed by atoms with E-state index >= 15 is 0 Å². The fourth-order valence-electron chi connectivity index (χ4n) is 1.92. The van der Waals surface area contributed by atoms with Gasteiger partial charge in [-0.3, -0.25) is 0 Å². The molecule has 0 aliphatic rings. The quantitative estimate of drug-likeness (QED) is 0.591. The molecule has 0 atom stereocenters. The van der Waals surface area contributed by atoms with Crippen molar-refractivity contribution < 1.29 is 69.3 Å². The number of aromatic hydroxyl groups is 2. The fourth-order valence-corrected chi connectivity index (χ4v) is 1.92. The first-order chi connectivity index (χ1) is 8.00. The van der Waals surface area contributed by atoms with Crippen LogP contribution in [-0.4, -0.2) is 10.2 Å². The predicted octanol–water partition coefficient (Wildman–Crippen LogP) is -2.57. The molecule has 4 heteroatoms. The smallest absolute Gasteiger partial charge is 0.508 e. The molecule has 88 valence electrons. The van der Waals surface area contributed by atoms with E-state index in [1.807, 2.05) is 24.3 Å². The Morgan fingerprint density at radius 3 is 1.16 bits per heavy atom. The summed E-state index contributed by atoms with van der Waals surface area (Å²) >= 11 is 0. The van der Waals surface area contributed by atoms with Gasteiger partial charge in [-0.15, -0.1) is 0 Å². The van der Waals surface area contributed by atoms with Gasteiger partial charge in [0.1, 0.15) is 11.5 Å². The second-order valence-electron chi connectivity index (χ2n) is 4.72. The molecule has 0 aromatic heterocycles. The van der Waals surface area contributed by atoms with Crippen molar-refractivity contribution in [3.05, 3.63) is 59.7 Å². The Morgan fingerprint density at radius 2 is 0.895 bits per heavy atom. The van der Waals surface area contributed by atoms with Crippen LogP contribution in [0.4, 0.5) is 0 Å². The molecule has 0 unspecified atom stereocenters. The number of phenols is 2. The van der Waals surface area contributed by atoms with Gasteiger partial charge in [0.2, 0.25) is 0 Å². The number of rotatable bonds is 2. The first-order valence-corrected chi connectivity index (χ1v) is 5.59. The SMILES string of the molecule is CC(C)(c1ccc(O)cc1)c1ccc(O)cc1.[Na+].[Na+]. The Balaban J connectivity index is 0.00000162. The predicted molar refractivity (Wildman–Crippen MR) is 68.3 cm³/mol. The molecule has 0 fully saturated rings. The van der Waals surface area contributed by atoms with Gasteiger partial charge < -0.3 is 10.2 Å². The monoisotopic (exact) mass is 274 g/mol. The average Bonchev–Trinajstić information content (AvgIpc) is 2.30. The van der Waals surface area contributed by atoms with Crippen LogP contribution in [-0.2, 0) is 5.41 Å². The van der Waals surface area contributed by atoms with Gasteiger partial charge in [-0.05, 0) is 35.4 Å². The van der Waals surface area contributed by atoms with Crippen LogP contribution in [0.1, 0.15) is 25.0 Å². The third-order valence-corrected chi connectivity index (χ3v) is 3.18. The van der Waals surface area contributed by atoms with Crippen LogP contribution < -0.4 is 59.1 Å². The number of hydrogen-bond acceptors (Lipinski definition) is 2. The summed E-state index contributed by atoms with van der Waals surface area (Å²) in [5.41, 5.74) is 2.10. The molecule has 0 bridgehead atoms. The van der Waals surface area contributed by atoms with Gasteiger partial charge in [-0.25, -0.2) is 0 Å². The summed E-state index contributed by atoms with van der Waals surface area (Å²) in [7, 11) is 0. The van der Waals surface area contributed by atoms with Crippen molar-refractivity contribution >= 4 is 0 Å². The van der Waals surface area contributed by atoms with E-state index in [9.17, 15) is 10.2 Å². The van der Waals surface area contributed by atoms with Crippen LogP contribution in [0.5, 0.6) is 11.5 Å². The minimum Gasteiger partial charge on any atom is -0.508 e. The Kier molecular flexibility index (Phi) is 7.74. The van der Waals surface area contributed by atoms with Crippen LogP contribution in [0, 0.1) is 0 Å². The van der Waals surface area contributed by atoms with E-state index in [2.05, 4.69) is 13.8 Å². The zero-order valence-electron chi connectivity index (χ0n) is 12.0. The molecule has 2 rings (SSSR count). The number of benzene rings is 2. The largest absolute Gasteiger partial charge is 1.00 e. The molecule has 2 aromatic rings. The summed E-state index contributed by atoms with van der Waals surface area (Å²) in [6, 6.07) is 14.4. The topological polar surface area (TPSA) is 40.5 Å². The van der Waals surface area contributed by atoms with E-state index in [4.69, 9.17) is 0 Å². The zero-order chi connectivity index (χ0) is 12.5. The molecule has 0 radical (unpaired) electrons. The Bertz CT molecular complexity index is 457. The Morgan fingerprint density at radius 1 is 0.632 bits per heavy atom. The molecule has 0 aliphatic carbocycles. The molecular formula is C15H16Na2O2+2. The first kappa shape index (κ1) is 19.0. The van der Waals surface area contributed by atoms with Crippen LogP contribution in [0.25, 0.3) is 0 Å². The van der Waals surface area contributed by atoms with Crippen LogP contribution >= 0.6 is 0 Å². The summed E-state index contributed by atoms with van der Waals surface area (Å²) in [6.45, 7) is 4.23. The fraction of sp³-hybridized carbons (Fsp3) is 0.200. The molecule has 2 nitrogen and oxygen atoms in total. The van der Waals surface area contributed by atoms with Gasteiger partial charge >= 0.3 is 59.1 Å². The van der Waals surface area contributed by atoms with Gasteiger partial charge in [0.25, 0.3) is 0 Å². The van der Waals surface area contributed by atoms with Gasteiger partial charge in [0, 0.05) is 5.41 Å². The third-order valence-electron chi connectivity index (χ3n) is 3.18. The second-order valence-corrected chi connectivity index (χ2v) is 4.72. The van der Waals surface area contributed by atoms with E-state index < -0.39 is 0 Å². The van der Waals surface area contributed by atoms with E-state index in [-0.39, 0.29) is 76.0 Å². The minimum atomic E-state index is -0.151. The molecule has 0 saturated carbocycles. The second kappa shape index (κ2) is 7.72. The van der Waals surface area contributed by atoms with Gasteiger partial charge in [-0.1, -0.05) is 38.1 Å². The maximum atomic E-state index is 9.30. The van der Waals surface area contributed by atoms with Crippen LogP contribution in [0.3, 0.4) is 0 Å². The molecule has 19 heavy (non-hydrogen) atoms.